The Morgan fingerprint density at radius 2 is 1.76 bits per heavy atom. The summed E-state index contributed by atoms with van der Waals surface area (Å²) < 4.78 is 5.16. The van der Waals surface area contributed by atoms with Crippen LogP contribution in [0.15, 0.2) is 53.9 Å². The minimum Gasteiger partial charge on any atom is -0.497 e. The van der Waals surface area contributed by atoms with Gasteiger partial charge in [-0.3, -0.25) is 10.1 Å². The molecule has 3 aromatic rings. The molecule has 128 valence electrons. The number of ether oxygens (including phenoxy) is 1. The molecule has 0 spiro atoms. The topological polar surface area (TPSA) is 51.2 Å². The zero-order valence-electron chi connectivity index (χ0n) is 14.4. The number of rotatable bonds is 5. The van der Waals surface area contributed by atoms with Crippen molar-refractivity contribution in [1.29, 1.82) is 0 Å². The third kappa shape index (κ3) is 4.06. The number of thiazole rings is 1. The zero-order valence-corrected chi connectivity index (χ0v) is 15.3. The molecule has 0 aliphatic rings. The minimum absolute atomic E-state index is 0.147. The Labute approximate surface area is 151 Å². The molecule has 4 nitrogen and oxygen atoms in total. The standard InChI is InChI=1S/C20H20N2O2S/c1-13(2)14-4-6-16(7-5-14)19(23)22-20-21-18(12-25-20)15-8-10-17(24-3)11-9-15/h4-13H,1-3H3,(H,21,22,23). The van der Waals surface area contributed by atoms with E-state index in [0.29, 0.717) is 16.6 Å². The second-order valence-corrected chi connectivity index (χ2v) is 6.86. The van der Waals surface area contributed by atoms with Gasteiger partial charge < -0.3 is 4.74 Å². The number of nitrogens with zero attached hydrogens (tertiary/aromatic N) is 1. The Morgan fingerprint density at radius 3 is 2.36 bits per heavy atom. The lowest BCUT2D eigenvalue weighted by Gasteiger charge is -2.06. The normalized spacial score (nSPS) is 10.7. The van der Waals surface area contributed by atoms with Crippen LogP contribution in [0.25, 0.3) is 11.3 Å². The van der Waals surface area contributed by atoms with Crippen LogP contribution in [-0.2, 0) is 0 Å². The number of amides is 1. The summed E-state index contributed by atoms with van der Waals surface area (Å²) in [5.74, 6) is 1.10. The molecule has 0 saturated carbocycles. The maximum Gasteiger partial charge on any atom is 0.257 e. The fourth-order valence-corrected chi connectivity index (χ4v) is 3.13. The summed E-state index contributed by atoms with van der Waals surface area (Å²) in [6.07, 6.45) is 0. The average Bonchev–Trinajstić information content (AvgIpc) is 3.10. The van der Waals surface area contributed by atoms with E-state index in [1.54, 1.807) is 7.11 Å². The third-order valence-electron chi connectivity index (χ3n) is 3.95. The van der Waals surface area contributed by atoms with Crippen LogP contribution in [0.2, 0.25) is 0 Å². The molecule has 25 heavy (non-hydrogen) atoms. The van der Waals surface area contributed by atoms with E-state index >= 15 is 0 Å². The molecular weight excluding hydrogens is 332 g/mol. The molecule has 5 heteroatoms. The van der Waals surface area contributed by atoms with Crippen LogP contribution in [0.4, 0.5) is 5.13 Å². The van der Waals surface area contributed by atoms with Crippen molar-refractivity contribution in [1.82, 2.24) is 4.98 Å². The van der Waals surface area contributed by atoms with Gasteiger partial charge in [-0.25, -0.2) is 4.98 Å². The Hall–Kier alpha value is -2.66. The van der Waals surface area contributed by atoms with Gasteiger partial charge >= 0.3 is 0 Å². The Kier molecular flexibility index (Phi) is 5.14. The van der Waals surface area contributed by atoms with Gasteiger partial charge in [0, 0.05) is 16.5 Å². The van der Waals surface area contributed by atoms with E-state index < -0.39 is 0 Å². The van der Waals surface area contributed by atoms with Crippen LogP contribution >= 0.6 is 11.3 Å². The number of carbonyl (C=O) groups is 1. The molecule has 0 radical (unpaired) electrons. The SMILES string of the molecule is COc1ccc(-c2csc(NC(=O)c3ccc(C(C)C)cc3)n2)cc1. The van der Waals surface area contributed by atoms with E-state index in [0.717, 1.165) is 17.0 Å². The molecule has 3 rings (SSSR count). The van der Waals surface area contributed by atoms with E-state index in [9.17, 15) is 4.79 Å². The second kappa shape index (κ2) is 7.49. The van der Waals surface area contributed by atoms with Crippen molar-refractivity contribution in [3.63, 3.8) is 0 Å². The van der Waals surface area contributed by atoms with Crippen molar-refractivity contribution < 1.29 is 9.53 Å². The summed E-state index contributed by atoms with van der Waals surface area (Å²) >= 11 is 1.41. The molecule has 0 atom stereocenters. The fourth-order valence-electron chi connectivity index (χ4n) is 2.41. The number of benzene rings is 2. The first kappa shape index (κ1) is 17.2. The van der Waals surface area contributed by atoms with Gasteiger partial charge in [0.05, 0.1) is 12.8 Å². The van der Waals surface area contributed by atoms with E-state index in [1.807, 2.05) is 53.9 Å². The zero-order chi connectivity index (χ0) is 17.8. The highest BCUT2D eigenvalue weighted by Crippen LogP contribution is 2.26. The molecule has 1 N–H and O–H groups in total. The summed E-state index contributed by atoms with van der Waals surface area (Å²) in [6.45, 7) is 4.26. The second-order valence-electron chi connectivity index (χ2n) is 6.00. The maximum absolute atomic E-state index is 12.4. The van der Waals surface area contributed by atoms with Gasteiger partial charge in [-0.05, 0) is 47.9 Å². The minimum atomic E-state index is -0.147. The van der Waals surface area contributed by atoms with E-state index in [2.05, 4.69) is 24.1 Å². The molecule has 0 aliphatic carbocycles. The lowest BCUT2D eigenvalue weighted by atomic mass is 10.0. The predicted octanol–water partition coefficient (Wildman–Crippen LogP) is 5.19. The summed E-state index contributed by atoms with van der Waals surface area (Å²) in [7, 11) is 1.64. The Morgan fingerprint density at radius 1 is 1.08 bits per heavy atom. The Bertz CT molecular complexity index is 852. The molecule has 0 unspecified atom stereocenters. The molecule has 1 heterocycles. The van der Waals surface area contributed by atoms with Crippen molar-refractivity contribution >= 4 is 22.4 Å². The summed E-state index contributed by atoms with van der Waals surface area (Å²) in [4.78, 5) is 16.9. The molecular formula is C20H20N2O2S. The molecule has 0 fully saturated rings. The van der Waals surface area contributed by atoms with Crippen LogP contribution in [0.3, 0.4) is 0 Å². The van der Waals surface area contributed by atoms with Crippen molar-refractivity contribution in [3.05, 3.63) is 65.0 Å². The average molecular weight is 352 g/mol. The molecule has 2 aromatic carbocycles. The number of methoxy groups -OCH3 is 1. The summed E-state index contributed by atoms with van der Waals surface area (Å²) in [6, 6.07) is 15.4. The molecule has 0 aliphatic heterocycles. The molecule has 0 bridgehead atoms. The highest BCUT2D eigenvalue weighted by molar-refractivity contribution is 7.14. The van der Waals surface area contributed by atoms with Crippen LogP contribution < -0.4 is 10.1 Å². The highest BCUT2D eigenvalue weighted by atomic mass is 32.1. The van der Waals surface area contributed by atoms with E-state index in [-0.39, 0.29) is 5.91 Å². The number of aromatic nitrogens is 1. The lowest BCUT2D eigenvalue weighted by Crippen LogP contribution is -2.11. The number of hydrogen-bond donors (Lipinski definition) is 1. The third-order valence-corrected chi connectivity index (χ3v) is 4.71. The molecule has 0 saturated heterocycles. The van der Waals surface area contributed by atoms with Gasteiger partial charge in [0.25, 0.3) is 5.91 Å². The Balaban J connectivity index is 1.70. The molecule has 1 amide bonds. The monoisotopic (exact) mass is 352 g/mol. The smallest absolute Gasteiger partial charge is 0.257 e. The van der Waals surface area contributed by atoms with E-state index in [4.69, 9.17) is 4.74 Å². The lowest BCUT2D eigenvalue weighted by molar-refractivity contribution is 0.102. The largest absolute Gasteiger partial charge is 0.497 e. The van der Waals surface area contributed by atoms with Crippen molar-refractivity contribution in [2.75, 3.05) is 12.4 Å². The van der Waals surface area contributed by atoms with Gasteiger partial charge in [-0.15, -0.1) is 11.3 Å². The number of carbonyl (C=O) groups excluding carboxylic acids is 1. The van der Waals surface area contributed by atoms with Crippen LogP contribution in [0.5, 0.6) is 5.75 Å². The van der Waals surface area contributed by atoms with Crippen LogP contribution in [-0.4, -0.2) is 18.0 Å². The summed E-state index contributed by atoms with van der Waals surface area (Å²) in [5.41, 5.74) is 3.66. The first-order valence-electron chi connectivity index (χ1n) is 8.08. The van der Waals surface area contributed by atoms with Gasteiger partial charge in [0.1, 0.15) is 5.75 Å². The van der Waals surface area contributed by atoms with Crippen molar-refractivity contribution in [2.24, 2.45) is 0 Å². The quantitative estimate of drug-likeness (QED) is 0.687. The number of nitrogens with one attached hydrogen (secondary N) is 1. The summed E-state index contributed by atoms with van der Waals surface area (Å²) in [5, 5.41) is 5.38. The van der Waals surface area contributed by atoms with Crippen LogP contribution in [0, 0.1) is 0 Å². The number of anilines is 1. The first-order valence-corrected chi connectivity index (χ1v) is 8.96. The number of hydrogen-bond acceptors (Lipinski definition) is 4. The van der Waals surface area contributed by atoms with Crippen molar-refractivity contribution in [2.45, 2.75) is 19.8 Å². The fraction of sp³-hybridized carbons (Fsp3) is 0.200. The highest BCUT2D eigenvalue weighted by Gasteiger charge is 2.10. The van der Waals surface area contributed by atoms with Gasteiger partial charge in [-0.2, -0.15) is 0 Å². The van der Waals surface area contributed by atoms with Gasteiger partial charge in [-0.1, -0.05) is 26.0 Å². The molecule has 1 aromatic heterocycles. The van der Waals surface area contributed by atoms with Crippen LogP contribution in [0.1, 0.15) is 35.7 Å². The maximum atomic E-state index is 12.4. The van der Waals surface area contributed by atoms with Crippen molar-refractivity contribution in [3.8, 4) is 17.0 Å². The predicted molar refractivity (Wildman–Crippen MR) is 103 cm³/mol. The van der Waals surface area contributed by atoms with Gasteiger partial charge in [0.2, 0.25) is 0 Å². The first-order chi connectivity index (χ1) is 12.1. The van der Waals surface area contributed by atoms with E-state index in [1.165, 1.54) is 16.9 Å². The van der Waals surface area contributed by atoms with Gasteiger partial charge in [0.15, 0.2) is 5.13 Å².